The maximum atomic E-state index is 12.4. The van der Waals surface area contributed by atoms with E-state index < -0.39 is 11.7 Å². The molecule has 1 atom stereocenters. The maximum absolute atomic E-state index is 12.4. The number of nitrogens with one attached hydrogen (secondary N) is 4. The molecule has 0 spiro atoms. The van der Waals surface area contributed by atoms with Gasteiger partial charge in [-0.2, -0.15) is 0 Å². The Balaban J connectivity index is 1.43. The van der Waals surface area contributed by atoms with E-state index in [1.54, 1.807) is 0 Å². The fraction of sp³-hybridized carbons (Fsp3) is 0.387. The summed E-state index contributed by atoms with van der Waals surface area (Å²) < 4.78 is 5.44. The van der Waals surface area contributed by atoms with Crippen molar-refractivity contribution in [2.75, 3.05) is 6.54 Å². The molecule has 0 radical (unpaired) electrons. The lowest BCUT2D eigenvalue weighted by atomic mass is 10.0. The number of nitrogens with zero attached hydrogens (tertiary/aromatic N) is 2. The largest absolute Gasteiger partial charge is 0.444 e. The number of imidazole rings is 2. The first-order valence-corrected chi connectivity index (χ1v) is 13.6. The summed E-state index contributed by atoms with van der Waals surface area (Å²) in [6, 6.07) is 16.6. The van der Waals surface area contributed by atoms with Crippen LogP contribution in [0.25, 0.3) is 33.6 Å². The lowest BCUT2D eigenvalue weighted by molar-refractivity contribution is 0.0486. The van der Waals surface area contributed by atoms with Gasteiger partial charge >= 0.3 is 6.09 Å². The van der Waals surface area contributed by atoms with Crippen LogP contribution in [-0.2, 0) is 11.3 Å². The number of amides is 1. The number of carbonyl (C=O) groups is 1. The molecule has 2 aromatic heterocycles. The molecule has 0 saturated carbocycles. The zero-order chi connectivity index (χ0) is 28.0. The number of ether oxygens (including phenoxy) is 1. The average molecular weight is 529 g/mol. The molecule has 8 nitrogen and oxygen atoms in total. The lowest BCUT2D eigenvalue weighted by Crippen LogP contribution is -2.37. The Morgan fingerprint density at radius 3 is 1.95 bits per heavy atom. The molecule has 2 aromatic carbocycles. The van der Waals surface area contributed by atoms with Crippen LogP contribution in [0.2, 0.25) is 0 Å². The monoisotopic (exact) mass is 528 g/mol. The molecule has 1 amide bonds. The Morgan fingerprint density at radius 2 is 1.41 bits per heavy atom. The second-order valence-corrected chi connectivity index (χ2v) is 11.1. The van der Waals surface area contributed by atoms with Crippen molar-refractivity contribution in [1.82, 2.24) is 30.6 Å². The topological polar surface area (TPSA) is 108 Å². The minimum atomic E-state index is -0.559. The predicted octanol–water partition coefficient (Wildman–Crippen LogP) is 6.86. The van der Waals surface area contributed by atoms with E-state index in [1.807, 2.05) is 47.0 Å². The predicted molar refractivity (Wildman–Crippen MR) is 156 cm³/mol. The van der Waals surface area contributed by atoms with Crippen LogP contribution in [-0.4, -0.2) is 38.2 Å². The Labute approximate surface area is 231 Å². The first-order valence-electron chi connectivity index (χ1n) is 13.6. The second kappa shape index (κ2) is 12.3. The van der Waals surface area contributed by atoms with Gasteiger partial charge in [-0.1, -0.05) is 69.3 Å². The van der Waals surface area contributed by atoms with Crippen LogP contribution in [0.1, 0.15) is 65.7 Å². The zero-order valence-electron chi connectivity index (χ0n) is 23.8. The third-order valence-electron chi connectivity index (χ3n) is 6.30. The molecule has 1 unspecified atom stereocenters. The Kier molecular flexibility index (Phi) is 8.86. The molecule has 39 heavy (non-hydrogen) atoms. The molecule has 2 heterocycles. The van der Waals surface area contributed by atoms with Crippen LogP contribution in [0.5, 0.6) is 0 Å². The number of benzene rings is 2. The molecule has 8 heteroatoms. The molecule has 0 aliphatic carbocycles. The summed E-state index contributed by atoms with van der Waals surface area (Å²) in [6.45, 7) is 13.5. The molecule has 206 valence electrons. The highest BCUT2D eigenvalue weighted by atomic mass is 16.6. The molecule has 4 rings (SSSR count). The normalized spacial score (nSPS) is 12.5. The maximum Gasteiger partial charge on any atom is 0.408 e. The second-order valence-electron chi connectivity index (χ2n) is 11.1. The summed E-state index contributed by atoms with van der Waals surface area (Å²) >= 11 is 0. The lowest BCUT2D eigenvalue weighted by Gasteiger charge is -2.24. The number of aromatic amines is 2. The number of H-pyrrole nitrogens is 2. The minimum Gasteiger partial charge on any atom is -0.444 e. The minimum absolute atomic E-state index is 0.132. The number of aromatic nitrogens is 4. The molecule has 0 aliphatic heterocycles. The van der Waals surface area contributed by atoms with Gasteiger partial charge in [0.15, 0.2) is 0 Å². The van der Waals surface area contributed by atoms with Crippen LogP contribution in [0, 0.1) is 5.92 Å². The van der Waals surface area contributed by atoms with E-state index in [-0.39, 0.29) is 12.0 Å². The summed E-state index contributed by atoms with van der Waals surface area (Å²) in [4.78, 5) is 28.2. The van der Waals surface area contributed by atoms with Crippen molar-refractivity contribution in [1.29, 1.82) is 0 Å². The summed E-state index contributed by atoms with van der Waals surface area (Å²) in [5.41, 5.74) is 5.75. The van der Waals surface area contributed by atoms with E-state index in [0.29, 0.717) is 5.82 Å². The quantitative estimate of drug-likeness (QED) is 0.168. The molecular formula is C31H40N6O2. The van der Waals surface area contributed by atoms with Crippen molar-refractivity contribution < 1.29 is 9.53 Å². The van der Waals surface area contributed by atoms with Gasteiger partial charge in [0.1, 0.15) is 17.2 Å². The summed E-state index contributed by atoms with van der Waals surface area (Å²) in [6.07, 6.45) is 4.34. The number of alkyl carbamates (subject to hydrolysis) is 1. The van der Waals surface area contributed by atoms with Crippen molar-refractivity contribution in [3.63, 3.8) is 0 Å². The van der Waals surface area contributed by atoms with E-state index >= 15 is 0 Å². The molecule has 4 aromatic rings. The third-order valence-corrected chi connectivity index (χ3v) is 6.30. The van der Waals surface area contributed by atoms with Crippen molar-refractivity contribution in [3.05, 3.63) is 72.6 Å². The molecule has 0 fully saturated rings. The fourth-order valence-corrected chi connectivity index (χ4v) is 4.29. The van der Waals surface area contributed by atoms with Crippen molar-refractivity contribution in [2.24, 2.45) is 5.92 Å². The molecule has 4 N–H and O–H groups in total. The van der Waals surface area contributed by atoms with Crippen LogP contribution in [0.15, 0.2) is 60.9 Å². The van der Waals surface area contributed by atoms with Gasteiger partial charge in [0.25, 0.3) is 0 Å². The van der Waals surface area contributed by atoms with Crippen LogP contribution in [0.4, 0.5) is 4.79 Å². The highest BCUT2D eigenvalue weighted by Crippen LogP contribution is 2.28. The van der Waals surface area contributed by atoms with Crippen molar-refractivity contribution >= 4 is 6.09 Å². The van der Waals surface area contributed by atoms with E-state index in [0.717, 1.165) is 59.0 Å². The van der Waals surface area contributed by atoms with E-state index in [4.69, 9.17) is 4.74 Å². The summed E-state index contributed by atoms with van der Waals surface area (Å²) in [5, 5.41) is 6.32. The molecule has 0 saturated heterocycles. The van der Waals surface area contributed by atoms with Gasteiger partial charge < -0.3 is 25.3 Å². The molecule has 0 aliphatic rings. The summed E-state index contributed by atoms with van der Waals surface area (Å²) in [7, 11) is 0. The van der Waals surface area contributed by atoms with Gasteiger partial charge in [-0.25, -0.2) is 14.8 Å². The van der Waals surface area contributed by atoms with Gasteiger partial charge in [-0.15, -0.1) is 0 Å². The molecule has 0 bridgehead atoms. The smallest absolute Gasteiger partial charge is 0.408 e. The zero-order valence-corrected chi connectivity index (χ0v) is 23.8. The highest BCUT2D eigenvalue weighted by Gasteiger charge is 2.25. The van der Waals surface area contributed by atoms with Gasteiger partial charge in [-0.3, -0.25) is 0 Å². The van der Waals surface area contributed by atoms with Crippen LogP contribution >= 0.6 is 0 Å². The van der Waals surface area contributed by atoms with Crippen molar-refractivity contribution in [2.45, 2.75) is 66.2 Å². The Hall–Kier alpha value is -3.91. The van der Waals surface area contributed by atoms with E-state index in [9.17, 15) is 4.79 Å². The van der Waals surface area contributed by atoms with Gasteiger partial charge in [-0.05, 0) is 61.9 Å². The highest BCUT2D eigenvalue weighted by molar-refractivity contribution is 5.71. The van der Waals surface area contributed by atoms with Crippen LogP contribution < -0.4 is 10.6 Å². The number of carbonyl (C=O) groups excluding carboxylic acids is 1. The van der Waals surface area contributed by atoms with Gasteiger partial charge in [0, 0.05) is 0 Å². The number of hydrogen-bond acceptors (Lipinski definition) is 5. The summed E-state index contributed by atoms with van der Waals surface area (Å²) in [5.74, 6) is 1.78. The fourth-order valence-electron chi connectivity index (χ4n) is 4.29. The van der Waals surface area contributed by atoms with Crippen molar-refractivity contribution in [3.8, 4) is 33.6 Å². The SMILES string of the molecule is CCCNCc1ncc(-c2ccc(-c3ccc(-c4cnc(C(NC(=O)OC(C)(C)C)C(C)C)[nH]4)cc3)cc2)[nH]1. The third kappa shape index (κ3) is 7.57. The number of rotatable bonds is 10. The first kappa shape index (κ1) is 28.1. The average Bonchev–Trinajstić information content (AvgIpc) is 3.57. The number of hydrogen-bond donors (Lipinski definition) is 4. The Morgan fingerprint density at radius 1 is 0.872 bits per heavy atom. The standard InChI is InChI=1S/C31H40N6O2/c1-7-16-32-19-27-33-17-25(35-27)23-12-8-21(9-13-23)22-10-14-24(15-11-22)26-18-34-29(36-26)28(20(2)3)37-30(38)39-31(4,5)6/h8-15,17-18,20,28,32H,7,16,19H2,1-6H3,(H,33,35)(H,34,36)(H,37,38). The van der Waals surface area contributed by atoms with Gasteiger partial charge in [0.05, 0.1) is 36.4 Å². The molecular weight excluding hydrogens is 488 g/mol. The van der Waals surface area contributed by atoms with Crippen LogP contribution in [0.3, 0.4) is 0 Å². The van der Waals surface area contributed by atoms with E-state index in [1.165, 1.54) is 0 Å². The first-order chi connectivity index (χ1) is 18.6. The van der Waals surface area contributed by atoms with Gasteiger partial charge in [0.2, 0.25) is 0 Å². The Bertz CT molecular complexity index is 1350. The van der Waals surface area contributed by atoms with E-state index in [2.05, 4.69) is 86.0 Å².